The molecule has 0 aliphatic heterocycles. The number of benzene rings is 1. The second-order valence-electron chi connectivity index (χ2n) is 5.96. The van der Waals surface area contributed by atoms with E-state index in [0.717, 1.165) is 16.5 Å². The molecular formula is C16H19NO3. The van der Waals surface area contributed by atoms with E-state index in [2.05, 4.69) is 0 Å². The lowest BCUT2D eigenvalue weighted by Crippen LogP contribution is -2.31. The van der Waals surface area contributed by atoms with E-state index in [1.165, 1.54) is 0 Å². The molecule has 4 nitrogen and oxygen atoms in total. The summed E-state index contributed by atoms with van der Waals surface area (Å²) in [5.74, 6) is -0.899. The van der Waals surface area contributed by atoms with Gasteiger partial charge in [-0.3, -0.25) is 9.59 Å². The fourth-order valence-electron chi connectivity index (χ4n) is 2.32. The summed E-state index contributed by atoms with van der Waals surface area (Å²) >= 11 is 0. The fourth-order valence-corrected chi connectivity index (χ4v) is 2.32. The third kappa shape index (κ3) is 2.46. The van der Waals surface area contributed by atoms with Gasteiger partial charge in [-0.25, -0.2) is 0 Å². The lowest BCUT2D eigenvalue weighted by atomic mass is 9.86. The first-order valence-electron chi connectivity index (χ1n) is 6.55. The minimum Gasteiger partial charge on any atom is -0.481 e. The van der Waals surface area contributed by atoms with Gasteiger partial charge in [0, 0.05) is 12.6 Å². The number of aryl methyl sites for hydroxylation is 2. The van der Waals surface area contributed by atoms with Crippen LogP contribution < -0.4 is 5.56 Å². The highest BCUT2D eigenvalue weighted by Crippen LogP contribution is 2.23. The molecular weight excluding hydrogens is 254 g/mol. The average molecular weight is 273 g/mol. The third-order valence-electron chi connectivity index (χ3n) is 3.67. The van der Waals surface area contributed by atoms with E-state index in [4.69, 9.17) is 0 Å². The number of carbonyl (C=O) groups is 1. The summed E-state index contributed by atoms with van der Waals surface area (Å²) in [6.45, 7) is 5.24. The molecule has 0 atom stereocenters. The summed E-state index contributed by atoms with van der Waals surface area (Å²) in [7, 11) is 1.72. The van der Waals surface area contributed by atoms with Gasteiger partial charge >= 0.3 is 5.97 Å². The van der Waals surface area contributed by atoms with Crippen molar-refractivity contribution in [3.05, 3.63) is 45.7 Å². The molecule has 0 aliphatic rings. The Balaban J connectivity index is 2.62. The summed E-state index contributed by atoms with van der Waals surface area (Å²) < 4.78 is 1.59. The second-order valence-corrected chi connectivity index (χ2v) is 5.96. The molecule has 0 aliphatic carbocycles. The Morgan fingerprint density at radius 2 is 1.95 bits per heavy atom. The number of hydrogen-bond donors (Lipinski definition) is 1. The zero-order valence-electron chi connectivity index (χ0n) is 12.2. The fraction of sp³-hybridized carbons (Fsp3) is 0.375. The van der Waals surface area contributed by atoms with Crippen molar-refractivity contribution in [2.75, 3.05) is 0 Å². The van der Waals surface area contributed by atoms with E-state index in [1.807, 2.05) is 31.2 Å². The molecule has 106 valence electrons. The molecule has 0 radical (unpaired) electrons. The van der Waals surface area contributed by atoms with Crippen molar-refractivity contribution >= 4 is 16.9 Å². The van der Waals surface area contributed by atoms with Gasteiger partial charge in [-0.15, -0.1) is 0 Å². The van der Waals surface area contributed by atoms with Crippen LogP contribution in [-0.4, -0.2) is 15.6 Å². The quantitative estimate of drug-likeness (QED) is 0.934. The number of fused-ring (bicyclic) bond motifs is 1. The summed E-state index contributed by atoms with van der Waals surface area (Å²) in [5, 5.41) is 10.2. The first-order valence-corrected chi connectivity index (χ1v) is 6.55. The van der Waals surface area contributed by atoms with Crippen molar-refractivity contribution in [3.63, 3.8) is 0 Å². The van der Waals surface area contributed by atoms with Gasteiger partial charge in [0.05, 0.1) is 10.9 Å². The smallest absolute Gasteiger partial charge is 0.309 e. The highest BCUT2D eigenvalue weighted by molar-refractivity contribution is 5.81. The molecule has 0 saturated heterocycles. The van der Waals surface area contributed by atoms with Gasteiger partial charge in [0.2, 0.25) is 0 Å². The molecule has 2 rings (SSSR count). The highest BCUT2D eigenvalue weighted by atomic mass is 16.4. The molecule has 1 aromatic carbocycles. The number of aromatic nitrogens is 1. The van der Waals surface area contributed by atoms with E-state index < -0.39 is 11.4 Å². The van der Waals surface area contributed by atoms with Crippen LogP contribution in [0.4, 0.5) is 0 Å². The van der Waals surface area contributed by atoms with Crippen LogP contribution in [0.1, 0.15) is 25.0 Å². The van der Waals surface area contributed by atoms with E-state index in [0.29, 0.717) is 5.56 Å². The molecule has 1 heterocycles. The molecule has 20 heavy (non-hydrogen) atoms. The van der Waals surface area contributed by atoms with Gasteiger partial charge in [0.25, 0.3) is 5.56 Å². The maximum absolute atomic E-state index is 12.4. The summed E-state index contributed by atoms with van der Waals surface area (Å²) in [6, 6.07) is 7.71. The molecule has 1 aromatic heterocycles. The van der Waals surface area contributed by atoms with Crippen LogP contribution in [0.5, 0.6) is 0 Å². The molecule has 0 spiro atoms. The number of rotatable bonds is 3. The zero-order valence-corrected chi connectivity index (χ0v) is 12.2. The van der Waals surface area contributed by atoms with Crippen molar-refractivity contribution < 1.29 is 9.90 Å². The van der Waals surface area contributed by atoms with Gasteiger partial charge in [0.15, 0.2) is 0 Å². The first-order chi connectivity index (χ1) is 9.22. The Kier molecular flexibility index (Phi) is 3.42. The van der Waals surface area contributed by atoms with Crippen LogP contribution in [0.3, 0.4) is 0 Å². The van der Waals surface area contributed by atoms with E-state index in [9.17, 15) is 14.7 Å². The average Bonchev–Trinajstić information content (AvgIpc) is 2.36. The largest absolute Gasteiger partial charge is 0.481 e. The van der Waals surface area contributed by atoms with Gasteiger partial charge in [-0.05, 0) is 50.3 Å². The third-order valence-corrected chi connectivity index (χ3v) is 3.67. The maximum Gasteiger partial charge on any atom is 0.309 e. The SMILES string of the molecule is Cc1ccc2cc(CC(C)(C)C(=O)O)c(=O)n(C)c2c1. The van der Waals surface area contributed by atoms with Crippen LogP contribution in [0.2, 0.25) is 0 Å². The van der Waals surface area contributed by atoms with Crippen LogP contribution in [0.15, 0.2) is 29.1 Å². The number of carboxylic acid groups (broad SMARTS) is 1. The Hall–Kier alpha value is -2.10. The predicted octanol–water partition coefficient (Wildman–Crippen LogP) is 2.50. The van der Waals surface area contributed by atoms with Gasteiger partial charge in [0.1, 0.15) is 0 Å². The van der Waals surface area contributed by atoms with Gasteiger partial charge < -0.3 is 9.67 Å². The number of pyridine rings is 1. The minimum absolute atomic E-state index is 0.127. The van der Waals surface area contributed by atoms with Crippen molar-refractivity contribution in [3.8, 4) is 0 Å². The van der Waals surface area contributed by atoms with Crippen molar-refractivity contribution in [2.24, 2.45) is 12.5 Å². The number of nitrogens with zero attached hydrogens (tertiary/aromatic N) is 1. The van der Waals surface area contributed by atoms with E-state index in [1.54, 1.807) is 25.5 Å². The summed E-state index contributed by atoms with van der Waals surface area (Å²) in [5.41, 5.74) is 1.41. The Morgan fingerprint density at radius 3 is 2.55 bits per heavy atom. The van der Waals surface area contributed by atoms with Crippen molar-refractivity contribution in [1.82, 2.24) is 4.57 Å². The molecule has 0 fully saturated rings. The normalized spacial score (nSPS) is 11.8. The van der Waals surface area contributed by atoms with Gasteiger partial charge in [-0.1, -0.05) is 12.1 Å². The predicted molar refractivity (Wildman–Crippen MR) is 79.0 cm³/mol. The first kappa shape index (κ1) is 14.3. The number of hydrogen-bond acceptors (Lipinski definition) is 2. The van der Waals surface area contributed by atoms with Crippen LogP contribution >= 0.6 is 0 Å². The maximum atomic E-state index is 12.4. The number of carboxylic acids is 1. The molecule has 0 amide bonds. The minimum atomic E-state index is -0.954. The van der Waals surface area contributed by atoms with Crippen LogP contribution in [-0.2, 0) is 18.3 Å². The van der Waals surface area contributed by atoms with Crippen LogP contribution in [0.25, 0.3) is 10.9 Å². The molecule has 0 bridgehead atoms. The molecule has 0 saturated carbocycles. The van der Waals surface area contributed by atoms with Crippen molar-refractivity contribution in [2.45, 2.75) is 27.2 Å². The monoisotopic (exact) mass is 273 g/mol. The molecule has 1 N–H and O–H groups in total. The Bertz CT molecular complexity index is 741. The standard InChI is InChI=1S/C16H19NO3/c1-10-5-6-11-8-12(9-16(2,3)15(19)20)14(18)17(4)13(11)7-10/h5-8H,9H2,1-4H3,(H,19,20). The van der Waals surface area contributed by atoms with E-state index >= 15 is 0 Å². The topological polar surface area (TPSA) is 59.3 Å². The lowest BCUT2D eigenvalue weighted by molar-refractivity contribution is -0.146. The van der Waals surface area contributed by atoms with Crippen LogP contribution in [0, 0.1) is 12.3 Å². The summed E-state index contributed by atoms with van der Waals surface area (Å²) in [4.78, 5) is 23.6. The molecule has 4 heteroatoms. The van der Waals surface area contributed by atoms with E-state index in [-0.39, 0.29) is 12.0 Å². The highest BCUT2D eigenvalue weighted by Gasteiger charge is 2.28. The Morgan fingerprint density at radius 1 is 1.30 bits per heavy atom. The molecule has 0 unspecified atom stereocenters. The van der Waals surface area contributed by atoms with Crippen molar-refractivity contribution in [1.29, 1.82) is 0 Å². The van der Waals surface area contributed by atoms with Gasteiger partial charge in [-0.2, -0.15) is 0 Å². The Labute approximate surface area is 117 Å². The number of aliphatic carboxylic acids is 1. The molecule has 2 aromatic rings. The zero-order chi connectivity index (χ0) is 15.1. The second kappa shape index (κ2) is 4.78. The summed E-state index contributed by atoms with van der Waals surface area (Å²) in [6.07, 6.45) is 0.221. The lowest BCUT2D eigenvalue weighted by Gasteiger charge is -2.19.